The monoisotopic (exact) mass is 185 g/mol. The molecule has 0 aromatic rings. The van der Waals surface area contributed by atoms with Crippen LogP contribution in [-0.4, -0.2) is 35.1 Å². The van der Waals surface area contributed by atoms with Crippen molar-refractivity contribution in [1.82, 2.24) is 4.90 Å². The zero-order valence-electron chi connectivity index (χ0n) is 8.33. The van der Waals surface area contributed by atoms with Crippen LogP contribution in [0.15, 0.2) is 0 Å². The van der Waals surface area contributed by atoms with E-state index in [1.54, 1.807) is 0 Å². The first-order valence-electron chi connectivity index (χ1n) is 5.20. The predicted molar refractivity (Wildman–Crippen MR) is 51.8 cm³/mol. The van der Waals surface area contributed by atoms with E-state index < -0.39 is 5.97 Å². The van der Waals surface area contributed by atoms with Gasteiger partial charge in [0.05, 0.1) is 6.42 Å². The summed E-state index contributed by atoms with van der Waals surface area (Å²) in [5, 5.41) is 8.73. The first-order chi connectivity index (χ1) is 6.24. The molecule has 0 saturated carbocycles. The molecule has 0 radical (unpaired) electrons. The fourth-order valence-electron chi connectivity index (χ4n) is 2.07. The Balaban J connectivity index is 2.41. The lowest BCUT2D eigenvalue weighted by Crippen LogP contribution is -2.41. The summed E-state index contributed by atoms with van der Waals surface area (Å²) in [7, 11) is 0. The lowest BCUT2D eigenvalue weighted by Gasteiger charge is -2.34. The van der Waals surface area contributed by atoms with E-state index in [1.165, 1.54) is 12.8 Å². The van der Waals surface area contributed by atoms with E-state index in [-0.39, 0.29) is 0 Å². The Hall–Kier alpha value is -0.570. The smallest absolute Gasteiger partial charge is 0.304 e. The molecule has 0 aliphatic carbocycles. The molecule has 0 unspecified atom stereocenters. The number of carbonyl (C=O) groups is 1. The third kappa shape index (κ3) is 3.35. The number of hydrogen-bond donors (Lipinski definition) is 1. The molecule has 1 rings (SSSR count). The highest BCUT2D eigenvalue weighted by molar-refractivity contribution is 5.67. The largest absolute Gasteiger partial charge is 0.481 e. The molecule has 1 aliphatic rings. The number of likely N-dealkylation sites (tertiary alicyclic amines) is 1. The highest BCUT2D eigenvalue weighted by atomic mass is 16.4. The molecule has 3 nitrogen and oxygen atoms in total. The molecule has 76 valence electrons. The molecule has 0 spiro atoms. The van der Waals surface area contributed by atoms with Crippen molar-refractivity contribution in [2.24, 2.45) is 0 Å². The second-order valence-corrected chi connectivity index (χ2v) is 3.78. The van der Waals surface area contributed by atoms with Gasteiger partial charge in [-0.05, 0) is 32.4 Å². The van der Waals surface area contributed by atoms with Crippen molar-refractivity contribution in [3.05, 3.63) is 0 Å². The topological polar surface area (TPSA) is 40.5 Å². The summed E-state index contributed by atoms with van der Waals surface area (Å²) < 4.78 is 0. The average molecular weight is 185 g/mol. The van der Waals surface area contributed by atoms with Gasteiger partial charge in [-0.2, -0.15) is 0 Å². The van der Waals surface area contributed by atoms with Crippen molar-refractivity contribution in [3.8, 4) is 0 Å². The molecule has 0 bridgehead atoms. The van der Waals surface area contributed by atoms with E-state index in [0.29, 0.717) is 12.5 Å². The minimum Gasteiger partial charge on any atom is -0.481 e. The van der Waals surface area contributed by atoms with Gasteiger partial charge >= 0.3 is 5.97 Å². The number of carboxylic acid groups (broad SMARTS) is 1. The zero-order chi connectivity index (χ0) is 9.68. The summed E-state index contributed by atoms with van der Waals surface area (Å²) in [5.74, 6) is -0.659. The van der Waals surface area contributed by atoms with Gasteiger partial charge in [-0.15, -0.1) is 0 Å². The molecule has 0 amide bonds. The molecule has 1 saturated heterocycles. The number of piperidine rings is 1. The van der Waals surface area contributed by atoms with Crippen molar-refractivity contribution in [2.75, 3.05) is 13.1 Å². The van der Waals surface area contributed by atoms with Crippen LogP contribution in [0.3, 0.4) is 0 Å². The maximum absolute atomic E-state index is 10.6. The van der Waals surface area contributed by atoms with Crippen LogP contribution in [0.2, 0.25) is 0 Å². The molecule has 1 N–H and O–H groups in total. The molecule has 3 heteroatoms. The number of rotatable bonds is 4. The molecular weight excluding hydrogens is 166 g/mol. The van der Waals surface area contributed by atoms with Crippen LogP contribution in [0.25, 0.3) is 0 Å². The third-order valence-electron chi connectivity index (χ3n) is 2.67. The number of nitrogens with zero attached hydrogens (tertiary/aromatic N) is 1. The average Bonchev–Trinajstić information content (AvgIpc) is 2.08. The highest BCUT2D eigenvalue weighted by Gasteiger charge is 2.23. The maximum atomic E-state index is 10.6. The van der Waals surface area contributed by atoms with Gasteiger partial charge in [0, 0.05) is 6.04 Å². The molecule has 1 atom stereocenters. The Morgan fingerprint density at radius 2 is 2.31 bits per heavy atom. The van der Waals surface area contributed by atoms with Crippen molar-refractivity contribution < 1.29 is 9.90 Å². The van der Waals surface area contributed by atoms with E-state index >= 15 is 0 Å². The summed E-state index contributed by atoms with van der Waals surface area (Å²) in [5.41, 5.74) is 0. The van der Waals surface area contributed by atoms with Crippen LogP contribution in [0.1, 0.15) is 39.0 Å². The Kier molecular flexibility index (Phi) is 4.22. The first kappa shape index (κ1) is 10.5. The Morgan fingerprint density at radius 3 is 2.92 bits per heavy atom. The summed E-state index contributed by atoms with van der Waals surface area (Å²) in [6.07, 6.45) is 4.93. The van der Waals surface area contributed by atoms with Gasteiger partial charge in [0.2, 0.25) is 0 Å². The van der Waals surface area contributed by atoms with Crippen LogP contribution in [-0.2, 0) is 4.79 Å². The Bertz CT molecular complexity index is 168. The standard InChI is InChI=1S/C10H19NO2/c1-2-6-11-7-4-3-5-9(11)8-10(12)13/h9H,2-8H2,1H3,(H,12,13)/t9-/m0/s1. The highest BCUT2D eigenvalue weighted by Crippen LogP contribution is 2.19. The van der Waals surface area contributed by atoms with Crippen molar-refractivity contribution in [2.45, 2.75) is 45.1 Å². The van der Waals surface area contributed by atoms with Crippen LogP contribution in [0.5, 0.6) is 0 Å². The van der Waals surface area contributed by atoms with E-state index in [9.17, 15) is 4.79 Å². The summed E-state index contributed by atoms with van der Waals surface area (Å²) in [6.45, 7) is 4.29. The molecule has 0 aromatic heterocycles. The minimum atomic E-state index is -0.659. The van der Waals surface area contributed by atoms with Gasteiger partial charge in [0.25, 0.3) is 0 Å². The normalized spacial score (nSPS) is 24.5. The van der Waals surface area contributed by atoms with Gasteiger partial charge in [0.1, 0.15) is 0 Å². The molecule has 0 aromatic carbocycles. The Morgan fingerprint density at radius 1 is 1.54 bits per heavy atom. The SMILES string of the molecule is CCCN1CCCC[C@H]1CC(=O)O. The number of carboxylic acids is 1. The number of hydrogen-bond acceptors (Lipinski definition) is 2. The van der Waals surface area contributed by atoms with Gasteiger partial charge < -0.3 is 5.11 Å². The summed E-state index contributed by atoms with van der Waals surface area (Å²) >= 11 is 0. The first-order valence-corrected chi connectivity index (χ1v) is 5.20. The van der Waals surface area contributed by atoms with Crippen LogP contribution in [0, 0.1) is 0 Å². The molecule has 1 fully saturated rings. The summed E-state index contributed by atoms with van der Waals surface area (Å²) in [4.78, 5) is 12.9. The Labute approximate surface area is 79.7 Å². The van der Waals surface area contributed by atoms with Gasteiger partial charge in [-0.25, -0.2) is 0 Å². The van der Waals surface area contributed by atoms with Crippen LogP contribution in [0.4, 0.5) is 0 Å². The van der Waals surface area contributed by atoms with E-state index in [1.807, 2.05) is 0 Å². The predicted octanol–water partition coefficient (Wildman–Crippen LogP) is 1.73. The zero-order valence-corrected chi connectivity index (χ0v) is 8.33. The van der Waals surface area contributed by atoms with E-state index in [2.05, 4.69) is 11.8 Å². The van der Waals surface area contributed by atoms with E-state index in [0.717, 1.165) is 25.9 Å². The van der Waals surface area contributed by atoms with Crippen molar-refractivity contribution in [1.29, 1.82) is 0 Å². The second-order valence-electron chi connectivity index (χ2n) is 3.78. The van der Waals surface area contributed by atoms with Gasteiger partial charge in [-0.3, -0.25) is 9.69 Å². The van der Waals surface area contributed by atoms with Gasteiger partial charge in [0.15, 0.2) is 0 Å². The molecule has 1 heterocycles. The molecule has 13 heavy (non-hydrogen) atoms. The maximum Gasteiger partial charge on any atom is 0.304 e. The van der Waals surface area contributed by atoms with Crippen LogP contribution < -0.4 is 0 Å². The van der Waals surface area contributed by atoms with Gasteiger partial charge in [-0.1, -0.05) is 13.3 Å². The number of aliphatic carboxylic acids is 1. The van der Waals surface area contributed by atoms with Crippen LogP contribution >= 0.6 is 0 Å². The lowest BCUT2D eigenvalue weighted by atomic mass is 9.99. The minimum absolute atomic E-state index is 0.297. The summed E-state index contributed by atoms with van der Waals surface area (Å²) in [6, 6.07) is 0.297. The van der Waals surface area contributed by atoms with Crippen molar-refractivity contribution in [3.63, 3.8) is 0 Å². The molecular formula is C10H19NO2. The molecule has 1 aliphatic heterocycles. The third-order valence-corrected chi connectivity index (χ3v) is 2.67. The van der Waals surface area contributed by atoms with E-state index in [4.69, 9.17) is 5.11 Å². The second kappa shape index (κ2) is 5.22. The van der Waals surface area contributed by atoms with Crippen molar-refractivity contribution >= 4 is 5.97 Å². The fourth-order valence-corrected chi connectivity index (χ4v) is 2.07. The quantitative estimate of drug-likeness (QED) is 0.725. The lowest BCUT2D eigenvalue weighted by molar-refractivity contribution is -0.138. The fraction of sp³-hybridized carbons (Fsp3) is 0.900.